The van der Waals surface area contributed by atoms with E-state index < -0.39 is 0 Å². The van der Waals surface area contributed by atoms with E-state index in [1.54, 1.807) is 0 Å². The zero-order chi connectivity index (χ0) is 8.55. The summed E-state index contributed by atoms with van der Waals surface area (Å²) >= 11 is 1.44. The van der Waals surface area contributed by atoms with E-state index in [0.29, 0.717) is 5.01 Å². The van der Waals surface area contributed by atoms with Gasteiger partial charge in [0.25, 0.3) is 0 Å². The molecular formula is C8H8ClN3S. The predicted molar refractivity (Wildman–Crippen MR) is 57.9 cm³/mol. The number of rotatable bonds is 1. The molecule has 0 aliphatic carbocycles. The number of thiazole rings is 1. The Morgan fingerprint density at radius 1 is 1.38 bits per heavy atom. The van der Waals surface area contributed by atoms with Crippen LogP contribution in [-0.2, 0) is 0 Å². The molecular weight excluding hydrogens is 206 g/mol. The average molecular weight is 214 g/mol. The van der Waals surface area contributed by atoms with Crippen molar-refractivity contribution in [3.8, 4) is 0 Å². The minimum Gasteiger partial charge on any atom is -0.382 e. The molecule has 0 bridgehead atoms. The third-order valence-electron chi connectivity index (χ3n) is 1.52. The van der Waals surface area contributed by atoms with E-state index in [-0.39, 0.29) is 18.2 Å². The summed E-state index contributed by atoms with van der Waals surface area (Å²) in [6.45, 7) is 0. The molecule has 0 unspecified atom stereocenters. The summed E-state index contributed by atoms with van der Waals surface area (Å²) in [5.74, 6) is 0.0381. The van der Waals surface area contributed by atoms with Gasteiger partial charge in [-0.3, -0.25) is 5.41 Å². The van der Waals surface area contributed by atoms with Gasteiger partial charge in [-0.25, -0.2) is 4.98 Å². The summed E-state index contributed by atoms with van der Waals surface area (Å²) < 4.78 is 1.07. The lowest BCUT2D eigenvalue weighted by Gasteiger charge is -1.84. The zero-order valence-electron chi connectivity index (χ0n) is 6.65. The van der Waals surface area contributed by atoms with E-state index in [9.17, 15) is 0 Å². The van der Waals surface area contributed by atoms with Crippen LogP contribution in [0.25, 0.3) is 10.2 Å². The molecule has 0 atom stereocenters. The van der Waals surface area contributed by atoms with Gasteiger partial charge in [-0.2, -0.15) is 0 Å². The molecule has 5 heteroatoms. The summed E-state index contributed by atoms with van der Waals surface area (Å²) in [6.07, 6.45) is 0. The first-order valence-electron chi connectivity index (χ1n) is 3.47. The first kappa shape index (κ1) is 9.95. The van der Waals surface area contributed by atoms with Crippen LogP contribution in [0.15, 0.2) is 24.3 Å². The molecule has 0 saturated heterocycles. The van der Waals surface area contributed by atoms with E-state index in [4.69, 9.17) is 11.1 Å². The summed E-state index contributed by atoms with van der Waals surface area (Å²) in [5.41, 5.74) is 6.22. The Balaban J connectivity index is 0.000000845. The topological polar surface area (TPSA) is 62.8 Å². The fourth-order valence-corrected chi connectivity index (χ4v) is 1.81. The van der Waals surface area contributed by atoms with Gasteiger partial charge in [0, 0.05) is 0 Å². The monoisotopic (exact) mass is 213 g/mol. The number of amidine groups is 1. The van der Waals surface area contributed by atoms with Gasteiger partial charge < -0.3 is 5.73 Å². The van der Waals surface area contributed by atoms with Gasteiger partial charge in [-0.05, 0) is 12.1 Å². The van der Waals surface area contributed by atoms with Gasteiger partial charge in [0.1, 0.15) is 0 Å². The minimum absolute atomic E-state index is 0. The largest absolute Gasteiger partial charge is 0.382 e. The van der Waals surface area contributed by atoms with E-state index >= 15 is 0 Å². The first-order valence-corrected chi connectivity index (χ1v) is 4.29. The Morgan fingerprint density at radius 2 is 2.08 bits per heavy atom. The maximum absolute atomic E-state index is 7.19. The molecule has 0 amide bonds. The Kier molecular flexibility index (Phi) is 2.85. The van der Waals surface area contributed by atoms with Gasteiger partial charge in [-0.1, -0.05) is 12.1 Å². The summed E-state index contributed by atoms with van der Waals surface area (Å²) in [4.78, 5) is 4.18. The van der Waals surface area contributed by atoms with Crippen LogP contribution in [0, 0.1) is 5.41 Å². The third kappa shape index (κ3) is 1.79. The SMILES string of the molecule is Cl.N=C(N)c1nc2ccccc2s1. The number of benzene rings is 1. The number of hydrogen-bond donors (Lipinski definition) is 2. The Labute approximate surface area is 85.5 Å². The van der Waals surface area contributed by atoms with Crippen molar-refractivity contribution in [1.82, 2.24) is 4.98 Å². The van der Waals surface area contributed by atoms with Gasteiger partial charge in [-0.15, -0.1) is 23.7 Å². The minimum atomic E-state index is 0. The highest BCUT2D eigenvalue weighted by atomic mass is 35.5. The van der Waals surface area contributed by atoms with Crippen LogP contribution in [0.2, 0.25) is 0 Å². The van der Waals surface area contributed by atoms with Crippen LogP contribution in [0.1, 0.15) is 5.01 Å². The second kappa shape index (κ2) is 3.72. The van der Waals surface area contributed by atoms with Gasteiger partial charge in [0.05, 0.1) is 10.2 Å². The van der Waals surface area contributed by atoms with Crippen molar-refractivity contribution < 1.29 is 0 Å². The molecule has 2 rings (SSSR count). The molecule has 3 nitrogen and oxygen atoms in total. The lowest BCUT2D eigenvalue weighted by molar-refractivity contribution is 1.37. The maximum atomic E-state index is 7.19. The highest BCUT2D eigenvalue weighted by molar-refractivity contribution is 7.20. The lowest BCUT2D eigenvalue weighted by atomic mass is 10.3. The normalized spacial score (nSPS) is 9.54. The maximum Gasteiger partial charge on any atom is 0.159 e. The molecule has 0 spiro atoms. The molecule has 0 saturated carbocycles. The Hall–Kier alpha value is -1.13. The van der Waals surface area contributed by atoms with Crippen molar-refractivity contribution in [2.75, 3.05) is 0 Å². The van der Waals surface area contributed by atoms with E-state index in [1.165, 1.54) is 11.3 Å². The molecule has 13 heavy (non-hydrogen) atoms. The molecule has 1 aromatic heterocycles. The van der Waals surface area contributed by atoms with Crippen LogP contribution in [0.5, 0.6) is 0 Å². The molecule has 0 aliphatic heterocycles. The number of nitrogens with zero attached hydrogens (tertiary/aromatic N) is 1. The van der Waals surface area contributed by atoms with Gasteiger partial charge >= 0.3 is 0 Å². The van der Waals surface area contributed by atoms with Crippen LogP contribution in [0.3, 0.4) is 0 Å². The molecule has 2 aromatic rings. The third-order valence-corrected chi connectivity index (χ3v) is 2.59. The number of hydrogen-bond acceptors (Lipinski definition) is 3. The number of para-hydroxylation sites is 1. The van der Waals surface area contributed by atoms with E-state index in [1.807, 2.05) is 24.3 Å². The van der Waals surface area contributed by atoms with Crippen molar-refractivity contribution in [3.05, 3.63) is 29.3 Å². The second-order valence-electron chi connectivity index (χ2n) is 2.40. The number of nitrogens with two attached hydrogens (primary N) is 1. The Morgan fingerprint density at radius 3 is 2.69 bits per heavy atom. The fraction of sp³-hybridized carbons (Fsp3) is 0. The van der Waals surface area contributed by atoms with Crippen LogP contribution in [-0.4, -0.2) is 10.8 Å². The quantitative estimate of drug-likeness (QED) is 0.562. The number of aromatic nitrogens is 1. The van der Waals surface area contributed by atoms with Crippen LogP contribution in [0.4, 0.5) is 0 Å². The zero-order valence-corrected chi connectivity index (χ0v) is 8.28. The molecule has 68 valence electrons. The van der Waals surface area contributed by atoms with Crippen molar-refractivity contribution in [2.24, 2.45) is 5.73 Å². The van der Waals surface area contributed by atoms with Crippen LogP contribution >= 0.6 is 23.7 Å². The smallest absolute Gasteiger partial charge is 0.159 e. The van der Waals surface area contributed by atoms with E-state index in [2.05, 4.69) is 4.98 Å². The summed E-state index contributed by atoms with van der Waals surface area (Å²) in [6, 6.07) is 7.76. The van der Waals surface area contributed by atoms with Crippen molar-refractivity contribution in [2.45, 2.75) is 0 Å². The van der Waals surface area contributed by atoms with Gasteiger partial charge in [0.2, 0.25) is 0 Å². The van der Waals surface area contributed by atoms with Crippen molar-refractivity contribution >= 4 is 39.8 Å². The number of nitrogens with one attached hydrogen (secondary N) is 1. The molecule has 1 aromatic carbocycles. The molecule has 0 fully saturated rings. The predicted octanol–water partition coefficient (Wildman–Crippen LogP) is 2.00. The van der Waals surface area contributed by atoms with E-state index in [0.717, 1.165) is 10.2 Å². The summed E-state index contributed by atoms with van der Waals surface area (Å²) in [7, 11) is 0. The van der Waals surface area contributed by atoms with Crippen molar-refractivity contribution in [3.63, 3.8) is 0 Å². The first-order chi connectivity index (χ1) is 5.77. The average Bonchev–Trinajstić information content (AvgIpc) is 2.46. The molecule has 1 heterocycles. The molecule has 0 radical (unpaired) electrons. The number of nitrogen functional groups attached to an aromatic ring is 1. The highest BCUT2D eigenvalue weighted by Crippen LogP contribution is 2.20. The molecule has 0 aliphatic rings. The second-order valence-corrected chi connectivity index (χ2v) is 3.43. The lowest BCUT2D eigenvalue weighted by Crippen LogP contribution is -2.09. The van der Waals surface area contributed by atoms with Gasteiger partial charge in [0.15, 0.2) is 10.8 Å². The Bertz CT molecular complexity index is 405. The van der Waals surface area contributed by atoms with Crippen molar-refractivity contribution in [1.29, 1.82) is 5.41 Å². The summed E-state index contributed by atoms with van der Waals surface area (Å²) in [5, 5.41) is 7.79. The number of halogens is 1. The van der Waals surface area contributed by atoms with Crippen LogP contribution < -0.4 is 5.73 Å². The standard InChI is InChI=1S/C8H7N3S.ClH/c9-7(10)8-11-5-3-1-2-4-6(5)12-8;/h1-4H,(H3,9,10);1H. The fourth-order valence-electron chi connectivity index (χ4n) is 0.987. The molecule has 3 N–H and O–H groups in total. The highest BCUT2D eigenvalue weighted by Gasteiger charge is 2.03. The number of fused-ring (bicyclic) bond motifs is 1.